The molecule has 198 valence electrons. The molecule has 2 atom stereocenters. The number of benzene rings is 3. The van der Waals surface area contributed by atoms with Gasteiger partial charge in [-0.1, -0.05) is 30.3 Å². The second-order valence-corrected chi connectivity index (χ2v) is 9.40. The average Bonchev–Trinajstić information content (AvgIpc) is 2.97. The van der Waals surface area contributed by atoms with E-state index in [1.54, 1.807) is 25.2 Å². The molecule has 2 heterocycles. The van der Waals surface area contributed by atoms with Gasteiger partial charge in [-0.15, -0.1) is 0 Å². The number of nitrogens with one attached hydrogen (secondary N) is 1. The fourth-order valence-corrected chi connectivity index (χ4v) is 5.26. The molecule has 3 aromatic carbocycles. The summed E-state index contributed by atoms with van der Waals surface area (Å²) in [5, 5.41) is 3.16. The van der Waals surface area contributed by atoms with E-state index < -0.39 is 12.0 Å². The highest BCUT2D eigenvalue weighted by atomic mass is 16.5. The van der Waals surface area contributed by atoms with E-state index in [9.17, 15) is 9.59 Å². The number of carbonyl (C=O) groups excluding carboxylic acids is 2. The van der Waals surface area contributed by atoms with Gasteiger partial charge >= 0.3 is 0 Å². The number of nitrogens with zero attached hydrogens (tertiary/aromatic N) is 2. The minimum Gasteiger partial charge on any atom is -0.497 e. The number of hydrogen-bond donors (Lipinski definition) is 1. The fourth-order valence-electron chi connectivity index (χ4n) is 5.26. The Morgan fingerprint density at radius 1 is 0.921 bits per heavy atom. The van der Waals surface area contributed by atoms with E-state index in [0.29, 0.717) is 42.5 Å². The second kappa shape index (κ2) is 11.7. The molecule has 0 saturated carbocycles. The zero-order valence-corrected chi connectivity index (χ0v) is 21.8. The zero-order chi connectivity index (χ0) is 26.5. The van der Waals surface area contributed by atoms with Gasteiger partial charge < -0.3 is 19.5 Å². The highest BCUT2D eigenvalue weighted by Gasteiger charge is 2.44. The number of methoxy groups -OCH3 is 2. The van der Waals surface area contributed by atoms with Crippen LogP contribution >= 0.6 is 0 Å². The normalized spacial score (nSPS) is 19.5. The van der Waals surface area contributed by atoms with Crippen LogP contribution in [-0.4, -0.2) is 70.3 Å². The number of hydrogen-bond acceptors (Lipinski definition) is 6. The van der Waals surface area contributed by atoms with Crippen molar-refractivity contribution in [2.24, 2.45) is 0 Å². The summed E-state index contributed by atoms with van der Waals surface area (Å²) in [4.78, 5) is 32.0. The lowest BCUT2D eigenvalue weighted by molar-refractivity contribution is -0.123. The lowest BCUT2D eigenvalue weighted by atomic mass is 9.78. The van der Waals surface area contributed by atoms with E-state index in [1.165, 1.54) is 0 Å². The molecule has 2 amide bonds. The summed E-state index contributed by atoms with van der Waals surface area (Å²) in [6.45, 7) is 4.40. The number of amides is 2. The first kappa shape index (κ1) is 25.8. The smallest absolute Gasteiger partial charge is 0.259 e. The first-order valence-electron chi connectivity index (χ1n) is 12.9. The van der Waals surface area contributed by atoms with Crippen LogP contribution in [0.1, 0.15) is 33.4 Å². The molecule has 1 N–H and O–H groups in total. The monoisotopic (exact) mass is 515 g/mol. The lowest BCUT2D eigenvalue weighted by Gasteiger charge is -2.42. The highest BCUT2D eigenvalue weighted by molar-refractivity contribution is 6.11. The molecule has 2 aliphatic heterocycles. The van der Waals surface area contributed by atoms with Gasteiger partial charge in [-0.3, -0.25) is 19.4 Å². The maximum atomic E-state index is 14.0. The number of anilines is 1. The third kappa shape index (κ3) is 5.23. The van der Waals surface area contributed by atoms with E-state index in [-0.39, 0.29) is 11.8 Å². The van der Waals surface area contributed by atoms with E-state index in [1.807, 2.05) is 66.7 Å². The van der Waals surface area contributed by atoms with Crippen molar-refractivity contribution in [3.05, 3.63) is 89.5 Å². The summed E-state index contributed by atoms with van der Waals surface area (Å²) >= 11 is 0. The molecule has 0 aliphatic carbocycles. The van der Waals surface area contributed by atoms with E-state index in [0.717, 1.165) is 30.8 Å². The minimum absolute atomic E-state index is 0.113. The topological polar surface area (TPSA) is 80.3 Å². The SMILES string of the molecule is COc1ccc(C2C(C(=O)NCCN3CCOCC3)c3ccccc3C(=O)N2c2ccc(OC)cc2)cc1. The Hall–Kier alpha value is -3.88. The van der Waals surface area contributed by atoms with Crippen molar-refractivity contribution >= 4 is 17.5 Å². The molecule has 0 aromatic heterocycles. The Bertz CT molecular complexity index is 1260. The van der Waals surface area contributed by atoms with Crippen LogP contribution in [0.2, 0.25) is 0 Å². The van der Waals surface area contributed by atoms with Crippen molar-refractivity contribution < 1.29 is 23.8 Å². The Labute approximate surface area is 223 Å². The standard InChI is InChI=1S/C30H33N3O5/c1-36-23-11-7-21(8-12-23)28-27(29(34)31-15-16-32-17-19-38-20-18-32)25-5-3-4-6-26(25)30(35)33(28)22-9-13-24(37-2)14-10-22/h3-14,27-28H,15-20H2,1-2H3,(H,31,34). The van der Waals surface area contributed by atoms with Crippen LogP contribution < -0.4 is 19.7 Å². The predicted octanol–water partition coefficient (Wildman–Crippen LogP) is 3.64. The molecule has 38 heavy (non-hydrogen) atoms. The molecular weight excluding hydrogens is 482 g/mol. The van der Waals surface area contributed by atoms with Crippen molar-refractivity contribution in [3.8, 4) is 11.5 Å². The van der Waals surface area contributed by atoms with Gasteiger partial charge in [0.15, 0.2) is 0 Å². The molecule has 2 aliphatic rings. The zero-order valence-electron chi connectivity index (χ0n) is 21.8. The molecule has 5 rings (SSSR count). The van der Waals surface area contributed by atoms with Crippen LogP contribution in [0.4, 0.5) is 5.69 Å². The van der Waals surface area contributed by atoms with Gasteiger partial charge in [0.2, 0.25) is 5.91 Å². The molecule has 3 aromatic rings. The molecule has 1 saturated heterocycles. The maximum Gasteiger partial charge on any atom is 0.259 e. The van der Waals surface area contributed by atoms with Gasteiger partial charge in [-0.2, -0.15) is 0 Å². The number of carbonyl (C=O) groups is 2. The van der Waals surface area contributed by atoms with Gasteiger partial charge in [-0.05, 0) is 53.6 Å². The van der Waals surface area contributed by atoms with Gasteiger partial charge in [0, 0.05) is 37.4 Å². The van der Waals surface area contributed by atoms with E-state index in [2.05, 4.69) is 10.2 Å². The summed E-state index contributed by atoms with van der Waals surface area (Å²) in [5.41, 5.74) is 2.79. The largest absolute Gasteiger partial charge is 0.497 e. The Balaban J connectivity index is 1.54. The van der Waals surface area contributed by atoms with Crippen LogP contribution in [0.25, 0.3) is 0 Å². The molecule has 2 unspecified atom stereocenters. The van der Waals surface area contributed by atoms with Gasteiger partial charge in [-0.25, -0.2) is 0 Å². The molecular formula is C30H33N3O5. The molecule has 8 heteroatoms. The Morgan fingerprint density at radius 2 is 1.55 bits per heavy atom. The molecule has 0 bridgehead atoms. The third-order valence-corrected chi connectivity index (χ3v) is 7.26. The van der Waals surface area contributed by atoms with Gasteiger partial charge in [0.1, 0.15) is 11.5 Å². The van der Waals surface area contributed by atoms with Crippen LogP contribution in [0.5, 0.6) is 11.5 Å². The van der Waals surface area contributed by atoms with E-state index in [4.69, 9.17) is 14.2 Å². The van der Waals surface area contributed by atoms with Crippen LogP contribution in [0, 0.1) is 0 Å². The third-order valence-electron chi connectivity index (χ3n) is 7.26. The van der Waals surface area contributed by atoms with Crippen molar-refractivity contribution in [3.63, 3.8) is 0 Å². The highest BCUT2D eigenvalue weighted by Crippen LogP contribution is 2.45. The molecule has 8 nitrogen and oxygen atoms in total. The number of fused-ring (bicyclic) bond motifs is 1. The Morgan fingerprint density at radius 3 is 2.21 bits per heavy atom. The fraction of sp³-hybridized carbons (Fsp3) is 0.333. The number of rotatable bonds is 8. The quantitative estimate of drug-likeness (QED) is 0.494. The van der Waals surface area contributed by atoms with Gasteiger partial charge in [0.05, 0.1) is 39.4 Å². The van der Waals surface area contributed by atoms with Crippen molar-refractivity contribution in [2.45, 2.75) is 12.0 Å². The average molecular weight is 516 g/mol. The van der Waals surface area contributed by atoms with Crippen molar-refractivity contribution in [1.29, 1.82) is 0 Å². The molecule has 0 radical (unpaired) electrons. The minimum atomic E-state index is -0.607. The first-order valence-corrected chi connectivity index (χ1v) is 12.9. The summed E-state index contributed by atoms with van der Waals surface area (Å²) < 4.78 is 16.1. The number of ether oxygens (including phenoxy) is 3. The summed E-state index contributed by atoms with van der Waals surface area (Å²) in [5.74, 6) is 0.529. The molecule has 1 fully saturated rings. The van der Waals surface area contributed by atoms with E-state index >= 15 is 0 Å². The van der Waals surface area contributed by atoms with Crippen LogP contribution in [0.3, 0.4) is 0 Å². The predicted molar refractivity (Wildman–Crippen MR) is 145 cm³/mol. The van der Waals surface area contributed by atoms with Gasteiger partial charge in [0.25, 0.3) is 5.91 Å². The molecule has 0 spiro atoms. The maximum absolute atomic E-state index is 14.0. The van der Waals surface area contributed by atoms with Crippen LogP contribution in [-0.2, 0) is 9.53 Å². The lowest BCUT2D eigenvalue weighted by Crippen LogP contribution is -2.49. The number of morpholine rings is 1. The Kier molecular flexibility index (Phi) is 7.91. The van der Waals surface area contributed by atoms with Crippen LogP contribution in [0.15, 0.2) is 72.8 Å². The van der Waals surface area contributed by atoms with Crippen molar-refractivity contribution in [1.82, 2.24) is 10.2 Å². The second-order valence-electron chi connectivity index (χ2n) is 9.40. The summed E-state index contributed by atoms with van der Waals surface area (Å²) in [7, 11) is 3.22. The first-order chi connectivity index (χ1) is 18.6. The summed E-state index contributed by atoms with van der Waals surface area (Å²) in [6.07, 6.45) is 0. The van der Waals surface area contributed by atoms with Crippen molar-refractivity contribution in [2.75, 3.05) is 58.5 Å². The summed E-state index contributed by atoms with van der Waals surface area (Å²) in [6, 6.07) is 21.8.